The molecule has 1 amide bonds. The van der Waals surface area contributed by atoms with Crippen molar-refractivity contribution in [3.05, 3.63) is 35.8 Å². The van der Waals surface area contributed by atoms with E-state index in [9.17, 15) is 29.4 Å². The van der Waals surface area contributed by atoms with E-state index in [0.717, 1.165) is 24.8 Å². The monoisotopic (exact) mass is 541 g/mol. The summed E-state index contributed by atoms with van der Waals surface area (Å²) in [4.78, 5) is 49.7. The van der Waals surface area contributed by atoms with Gasteiger partial charge in [-0.15, -0.1) is 0 Å². The number of carbonyl (C=O) groups excluding carboxylic acids is 4. The highest BCUT2D eigenvalue weighted by Crippen LogP contribution is 2.67. The number of carbonyl (C=O) groups is 4. The number of Topliss-reactive ketones (excluding diaryl/α,β-unsaturated/α-hetero) is 1. The number of furan rings is 1. The largest absolute Gasteiger partial charge is 0.467 e. The van der Waals surface area contributed by atoms with Gasteiger partial charge in [-0.05, 0) is 79.9 Å². The van der Waals surface area contributed by atoms with Crippen LogP contribution in [0.4, 0.5) is 0 Å². The molecule has 5 rings (SSSR count). The van der Waals surface area contributed by atoms with E-state index in [1.54, 1.807) is 18.2 Å². The van der Waals surface area contributed by atoms with Crippen molar-refractivity contribution in [2.45, 2.75) is 89.9 Å². The first kappa shape index (κ1) is 27.8. The quantitative estimate of drug-likeness (QED) is 0.426. The Hall–Kier alpha value is -2.78. The first-order valence-corrected chi connectivity index (χ1v) is 14.1. The molecule has 0 saturated heterocycles. The number of allylic oxidation sites excluding steroid dienone is 1. The van der Waals surface area contributed by atoms with E-state index in [0.29, 0.717) is 18.6 Å². The molecule has 3 fully saturated rings. The zero-order valence-electron chi connectivity index (χ0n) is 22.7. The molecule has 39 heavy (non-hydrogen) atoms. The van der Waals surface area contributed by atoms with Crippen LogP contribution in [-0.4, -0.2) is 52.0 Å². The highest BCUT2D eigenvalue weighted by molar-refractivity contribution is 5.92. The van der Waals surface area contributed by atoms with Crippen LogP contribution in [0.3, 0.4) is 0 Å². The average Bonchev–Trinajstić information content (AvgIpc) is 3.51. The van der Waals surface area contributed by atoms with E-state index in [2.05, 4.69) is 12.2 Å². The number of fused-ring (bicyclic) bond motifs is 5. The van der Waals surface area contributed by atoms with Crippen LogP contribution < -0.4 is 5.32 Å². The molecule has 1 aromatic heterocycles. The number of ether oxygens (including phenoxy) is 1. The molecular weight excluding hydrogens is 502 g/mol. The summed E-state index contributed by atoms with van der Waals surface area (Å²) in [5, 5.41) is 25.9. The second-order valence-electron chi connectivity index (χ2n) is 12.4. The molecule has 4 aliphatic rings. The van der Waals surface area contributed by atoms with Crippen molar-refractivity contribution >= 4 is 23.4 Å². The number of nitrogens with one attached hydrogen (secondary N) is 1. The van der Waals surface area contributed by atoms with Gasteiger partial charge in [0.2, 0.25) is 11.7 Å². The topological polar surface area (TPSA) is 143 Å². The molecule has 1 heterocycles. The minimum atomic E-state index is -1.70. The number of aliphatic hydroxyl groups excluding tert-OH is 1. The standard InChI is InChI=1S/C30H39NO8/c1-28-11-9-19(32)14-18(28)5-6-21-22-10-12-30(37,29(22,2)15-23(33)27(21)28)24(34)17-39-26(36)8-7-25(35)31-16-20-4-3-13-38-20/h3-4,13-14,21-23,27,33,37H,5-12,15-17H2,1-2H3,(H,31,35)/t21-,22-,23-,27+,28-,29-,30-/m0/s1. The van der Waals surface area contributed by atoms with Gasteiger partial charge in [-0.2, -0.15) is 0 Å². The summed E-state index contributed by atoms with van der Waals surface area (Å²) in [6.07, 6.45) is 6.31. The molecule has 9 heteroatoms. The van der Waals surface area contributed by atoms with E-state index < -0.39 is 35.5 Å². The second-order valence-corrected chi connectivity index (χ2v) is 12.4. The number of hydrogen-bond acceptors (Lipinski definition) is 8. The van der Waals surface area contributed by atoms with Crippen LogP contribution in [0, 0.1) is 28.6 Å². The molecule has 3 N–H and O–H groups in total. The van der Waals surface area contributed by atoms with Crippen LogP contribution in [0.5, 0.6) is 0 Å². The van der Waals surface area contributed by atoms with Crippen LogP contribution in [0.15, 0.2) is 34.5 Å². The summed E-state index contributed by atoms with van der Waals surface area (Å²) in [6.45, 7) is 3.71. The minimum absolute atomic E-state index is 0.0158. The SMILES string of the molecule is C[C@]12CCC(=O)C=C1CC[C@@H]1[C@@H]2[C@@H](O)C[C@@]2(C)[C@H]1CC[C@]2(O)C(=O)COC(=O)CCC(=O)NCc1ccco1. The summed E-state index contributed by atoms with van der Waals surface area (Å²) in [7, 11) is 0. The zero-order valence-corrected chi connectivity index (χ0v) is 22.7. The normalized spacial score (nSPS) is 37.2. The molecule has 0 aliphatic heterocycles. The number of hydrogen-bond donors (Lipinski definition) is 3. The number of amides is 1. The van der Waals surface area contributed by atoms with E-state index in [1.165, 1.54) is 6.26 Å². The molecule has 4 aliphatic carbocycles. The Morgan fingerprint density at radius 1 is 1.15 bits per heavy atom. The van der Waals surface area contributed by atoms with Gasteiger partial charge in [0.15, 0.2) is 12.4 Å². The first-order chi connectivity index (χ1) is 18.5. The Morgan fingerprint density at radius 2 is 1.95 bits per heavy atom. The number of aliphatic hydroxyl groups is 2. The van der Waals surface area contributed by atoms with E-state index in [4.69, 9.17) is 9.15 Å². The maximum atomic E-state index is 13.4. The lowest BCUT2D eigenvalue weighted by molar-refractivity contribution is -0.184. The summed E-state index contributed by atoms with van der Waals surface area (Å²) in [6, 6.07) is 3.44. The predicted molar refractivity (Wildman–Crippen MR) is 139 cm³/mol. The summed E-state index contributed by atoms with van der Waals surface area (Å²) in [5.41, 5.74) is -1.66. The molecule has 7 atom stereocenters. The molecule has 0 unspecified atom stereocenters. The Labute approximate surface area is 228 Å². The van der Waals surface area contributed by atoms with Crippen molar-refractivity contribution in [3.8, 4) is 0 Å². The number of esters is 1. The van der Waals surface area contributed by atoms with Gasteiger partial charge in [-0.25, -0.2) is 0 Å². The molecule has 0 spiro atoms. The number of rotatable bonds is 8. The second kappa shape index (κ2) is 10.3. The van der Waals surface area contributed by atoms with Gasteiger partial charge in [-0.1, -0.05) is 19.4 Å². The van der Waals surface area contributed by atoms with Gasteiger partial charge in [-0.3, -0.25) is 19.2 Å². The lowest BCUT2D eigenvalue weighted by Gasteiger charge is -2.60. The molecule has 0 radical (unpaired) electrons. The van der Waals surface area contributed by atoms with E-state index >= 15 is 0 Å². The smallest absolute Gasteiger partial charge is 0.306 e. The molecule has 0 bridgehead atoms. The van der Waals surface area contributed by atoms with Gasteiger partial charge in [0.1, 0.15) is 11.4 Å². The van der Waals surface area contributed by atoms with Crippen molar-refractivity contribution in [1.82, 2.24) is 5.32 Å². The third kappa shape index (κ3) is 4.78. The molecule has 1 aromatic rings. The Bertz CT molecular complexity index is 1170. The highest BCUT2D eigenvalue weighted by atomic mass is 16.5. The Kier molecular flexibility index (Phi) is 7.35. The Balaban J connectivity index is 1.19. The third-order valence-corrected chi connectivity index (χ3v) is 10.5. The fourth-order valence-corrected chi connectivity index (χ4v) is 8.39. The van der Waals surface area contributed by atoms with Gasteiger partial charge in [0.05, 0.1) is 25.3 Å². The first-order valence-electron chi connectivity index (χ1n) is 14.1. The lowest BCUT2D eigenvalue weighted by Crippen LogP contribution is -2.62. The zero-order chi connectivity index (χ0) is 28.0. The maximum Gasteiger partial charge on any atom is 0.306 e. The van der Waals surface area contributed by atoms with Gasteiger partial charge < -0.3 is 24.7 Å². The van der Waals surface area contributed by atoms with Gasteiger partial charge >= 0.3 is 5.97 Å². The maximum absolute atomic E-state index is 13.4. The van der Waals surface area contributed by atoms with Gasteiger partial charge in [0.25, 0.3) is 0 Å². The summed E-state index contributed by atoms with van der Waals surface area (Å²) in [5.74, 6) is -0.664. The van der Waals surface area contributed by atoms with Crippen LogP contribution in [0.2, 0.25) is 0 Å². The molecule has 3 saturated carbocycles. The lowest BCUT2D eigenvalue weighted by atomic mass is 9.45. The molecule has 212 valence electrons. The van der Waals surface area contributed by atoms with Crippen LogP contribution in [0.1, 0.15) is 77.4 Å². The van der Waals surface area contributed by atoms with Crippen molar-refractivity contribution in [3.63, 3.8) is 0 Å². The van der Waals surface area contributed by atoms with Crippen LogP contribution in [0.25, 0.3) is 0 Å². The average molecular weight is 542 g/mol. The Morgan fingerprint density at radius 3 is 2.69 bits per heavy atom. The fraction of sp³-hybridized carbons (Fsp3) is 0.667. The number of ketones is 2. The van der Waals surface area contributed by atoms with Crippen molar-refractivity contribution in [2.75, 3.05) is 6.61 Å². The van der Waals surface area contributed by atoms with E-state index in [1.807, 2.05) is 6.92 Å². The van der Waals surface area contributed by atoms with E-state index in [-0.39, 0.29) is 67.1 Å². The molecule has 0 aromatic carbocycles. The third-order valence-electron chi connectivity index (χ3n) is 10.5. The van der Waals surface area contributed by atoms with Crippen molar-refractivity contribution in [2.24, 2.45) is 28.6 Å². The molecular formula is C30H39NO8. The predicted octanol–water partition coefficient (Wildman–Crippen LogP) is 3.02. The van der Waals surface area contributed by atoms with Crippen LogP contribution >= 0.6 is 0 Å². The minimum Gasteiger partial charge on any atom is -0.467 e. The summed E-state index contributed by atoms with van der Waals surface area (Å²) >= 11 is 0. The van der Waals surface area contributed by atoms with Crippen LogP contribution in [-0.2, 0) is 30.5 Å². The van der Waals surface area contributed by atoms with Crippen molar-refractivity contribution in [1.29, 1.82) is 0 Å². The van der Waals surface area contributed by atoms with Crippen molar-refractivity contribution < 1.29 is 38.5 Å². The molecule has 9 nitrogen and oxygen atoms in total. The fourth-order valence-electron chi connectivity index (χ4n) is 8.39. The highest BCUT2D eigenvalue weighted by Gasteiger charge is 2.68. The summed E-state index contributed by atoms with van der Waals surface area (Å²) < 4.78 is 10.3. The van der Waals surface area contributed by atoms with Gasteiger partial charge in [0, 0.05) is 18.3 Å².